The van der Waals surface area contributed by atoms with Crippen molar-refractivity contribution in [3.63, 3.8) is 0 Å². The first-order valence-electron chi connectivity index (χ1n) is 9.42. The minimum Gasteiger partial charge on any atom is -0.480 e. The Labute approximate surface area is 169 Å². The lowest BCUT2D eigenvalue weighted by molar-refractivity contribution is -0.143. The number of nitrogens with zero attached hydrogens (tertiary/aromatic N) is 2. The molecule has 1 aliphatic heterocycles. The van der Waals surface area contributed by atoms with Gasteiger partial charge in [0.1, 0.15) is 18.9 Å². The van der Waals surface area contributed by atoms with Crippen LogP contribution in [0.2, 0.25) is 0 Å². The SMILES string of the molecule is CN(C(=O)OCc1ccccc1)[C@@H]1C[C@H](C(=O)O)N(Cc2ccccc2)[C@H]1C=O. The summed E-state index contributed by atoms with van der Waals surface area (Å²) >= 11 is 0. The van der Waals surface area contributed by atoms with Crippen LogP contribution in [0, 0.1) is 0 Å². The normalized spacial score (nSPS) is 21.5. The number of aldehydes is 1. The summed E-state index contributed by atoms with van der Waals surface area (Å²) in [6, 6.07) is 16.5. The zero-order valence-electron chi connectivity index (χ0n) is 16.2. The van der Waals surface area contributed by atoms with Gasteiger partial charge in [0.05, 0.1) is 12.1 Å². The average Bonchev–Trinajstić information content (AvgIpc) is 3.11. The van der Waals surface area contributed by atoms with Gasteiger partial charge >= 0.3 is 12.1 Å². The van der Waals surface area contributed by atoms with Crippen LogP contribution in [0.1, 0.15) is 17.5 Å². The number of benzene rings is 2. The lowest BCUT2D eigenvalue weighted by Crippen LogP contribution is -2.47. The molecule has 0 unspecified atom stereocenters. The third-order valence-corrected chi connectivity index (χ3v) is 5.27. The molecule has 1 fully saturated rings. The molecule has 3 atom stereocenters. The number of likely N-dealkylation sites (N-methyl/N-ethyl adjacent to an activating group) is 1. The number of carbonyl (C=O) groups excluding carboxylic acids is 2. The highest BCUT2D eigenvalue weighted by Gasteiger charge is 2.47. The highest BCUT2D eigenvalue weighted by atomic mass is 16.6. The number of aliphatic carboxylic acids is 1. The summed E-state index contributed by atoms with van der Waals surface area (Å²) in [4.78, 5) is 39.2. The molecule has 2 aromatic rings. The van der Waals surface area contributed by atoms with Crippen LogP contribution in [0.15, 0.2) is 60.7 Å². The molecule has 152 valence electrons. The second-order valence-corrected chi connectivity index (χ2v) is 7.09. The van der Waals surface area contributed by atoms with Crippen molar-refractivity contribution in [2.75, 3.05) is 7.05 Å². The average molecular weight is 396 g/mol. The van der Waals surface area contributed by atoms with E-state index in [1.165, 1.54) is 4.90 Å². The van der Waals surface area contributed by atoms with Gasteiger partial charge in [0.15, 0.2) is 0 Å². The first-order valence-corrected chi connectivity index (χ1v) is 9.42. The van der Waals surface area contributed by atoms with Crippen molar-refractivity contribution >= 4 is 18.3 Å². The number of carboxylic acids is 1. The van der Waals surface area contributed by atoms with E-state index in [0.717, 1.165) is 17.4 Å². The van der Waals surface area contributed by atoms with E-state index < -0.39 is 30.2 Å². The molecule has 0 spiro atoms. The largest absolute Gasteiger partial charge is 0.480 e. The van der Waals surface area contributed by atoms with Crippen molar-refractivity contribution in [2.24, 2.45) is 0 Å². The van der Waals surface area contributed by atoms with Gasteiger partial charge in [-0.05, 0) is 17.5 Å². The molecule has 0 radical (unpaired) electrons. The van der Waals surface area contributed by atoms with Gasteiger partial charge in [-0.2, -0.15) is 0 Å². The maximum absolute atomic E-state index is 12.5. The van der Waals surface area contributed by atoms with Crippen LogP contribution in [-0.2, 0) is 27.5 Å². The second kappa shape index (κ2) is 9.34. The maximum Gasteiger partial charge on any atom is 0.410 e. The molecule has 1 heterocycles. The van der Waals surface area contributed by atoms with Crippen LogP contribution in [0.3, 0.4) is 0 Å². The third kappa shape index (κ3) is 4.81. The summed E-state index contributed by atoms with van der Waals surface area (Å²) in [6.07, 6.45) is 0.288. The fraction of sp³-hybridized carbons (Fsp3) is 0.318. The molecule has 2 aromatic carbocycles. The van der Waals surface area contributed by atoms with Gasteiger partial charge in [-0.25, -0.2) is 4.79 Å². The van der Waals surface area contributed by atoms with Crippen molar-refractivity contribution in [1.29, 1.82) is 0 Å². The number of carbonyl (C=O) groups is 3. The first-order chi connectivity index (χ1) is 14.0. The van der Waals surface area contributed by atoms with Crippen LogP contribution in [0.5, 0.6) is 0 Å². The smallest absolute Gasteiger partial charge is 0.410 e. The van der Waals surface area contributed by atoms with E-state index in [9.17, 15) is 19.5 Å². The summed E-state index contributed by atoms with van der Waals surface area (Å²) in [5.41, 5.74) is 1.75. The van der Waals surface area contributed by atoms with Crippen LogP contribution >= 0.6 is 0 Å². The maximum atomic E-state index is 12.5. The highest BCUT2D eigenvalue weighted by molar-refractivity contribution is 5.77. The highest BCUT2D eigenvalue weighted by Crippen LogP contribution is 2.29. The minimum absolute atomic E-state index is 0.110. The lowest BCUT2D eigenvalue weighted by Gasteiger charge is -2.29. The van der Waals surface area contributed by atoms with Gasteiger partial charge in [-0.3, -0.25) is 9.69 Å². The summed E-state index contributed by atoms with van der Waals surface area (Å²) in [7, 11) is 1.54. The molecule has 1 saturated heterocycles. The number of ether oxygens (including phenoxy) is 1. The molecule has 7 nitrogen and oxygen atoms in total. The fourth-order valence-electron chi connectivity index (χ4n) is 3.70. The second-order valence-electron chi connectivity index (χ2n) is 7.09. The summed E-state index contributed by atoms with van der Waals surface area (Å²) < 4.78 is 5.35. The Bertz CT molecular complexity index is 843. The Balaban J connectivity index is 1.72. The molecule has 1 aliphatic rings. The Hall–Kier alpha value is -3.19. The fourth-order valence-corrected chi connectivity index (χ4v) is 3.70. The molecule has 29 heavy (non-hydrogen) atoms. The van der Waals surface area contributed by atoms with E-state index in [2.05, 4.69) is 0 Å². The van der Waals surface area contributed by atoms with Crippen LogP contribution in [0.4, 0.5) is 4.79 Å². The number of hydrogen-bond acceptors (Lipinski definition) is 5. The van der Waals surface area contributed by atoms with Gasteiger partial charge < -0.3 is 19.5 Å². The van der Waals surface area contributed by atoms with E-state index in [1.807, 2.05) is 60.7 Å². The molecule has 1 N–H and O–H groups in total. The number of amides is 1. The van der Waals surface area contributed by atoms with E-state index in [-0.39, 0.29) is 13.0 Å². The number of hydrogen-bond donors (Lipinski definition) is 1. The van der Waals surface area contributed by atoms with E-state index in [0.29, 0.717) is 6.54 Å². The number of rotatable bonds is 7. The van der Waals surface area contributed by atoms with Crippen molar-refractivity contribution in [1.82, 2.24) is 9.80 Å². The summed E-state index contributed by atoms with van der Waals surface area (Å²) in [6.45, 7) is 0.420. The first kappa shape index (κ1) is 20.5. The Morgan fingerprint density at radius 2 is 1.69 bits per heavy atom. The van der Waals surface area contributed by atoms with Crippen molar-refractivity contribution in [3.8, 4) is 0 Å². The molecule has 3 rings (SSSR count). The number of carboxylic acid groups (broad SMARTS) is 1. The summed E-state index contributed by atoms with van der Waals surface area (Å²) in [5, 5.41) is 9.67. The topological polar surface area (TPSA) is 87.2 Å². The van der Waals surface area contributed by atoms with E-state index in [4.69, 9.17) is 4.74 Å². The van der Waals surface area contributed by atoms with Gasteiger partial charge in [-0.15, -0.1) is 0 Å². The number of likely N-dealkylation sites (tertiary alicyclic amines) is 1. The zero-order valence-corrected chi connectivity index (χ0v) is 16.2. The molecular formula is C22H24N2O5. The Kier molecular flexibility index (Phi) is 6.61. The van der Waals surface area contributed by atoms with Crippen molar-refractivity contribution < 1.29 is 24.2 Å². The van der Waals surface area contributed by atoms with Crippen molar-refractivity contribution in [3.05, 3.63) is 71.8 Å². The molecule has 7 heteroatoms. The van der Waals surface area contributed by atoms with E-state index >= 15 is 0 Å². The molecule has 0 aromatic heterocycles. The minimum atomic E-state index is -1.01. The molecule has 0 aliphatic carbocycles. The quantitative estimate of drug-likeness (QED) is 0.724. The summed E-state index contributed by atoms with van der Waals surface area (Å²) in [5.74, 6) is -1.01. The van der Waals surface area contributed by atoms with Crippen LogP contribution in [-0.4, -0.2) is 58.4 Å². The predicted molar refractivity (Wildman–Crippen MR) is 106 cm³/mol. The molecule has 1 amide bonds. The standard InChI is InChI=1S/C22H24N2O5/c1-23(22(28)29-15-17-10-6-3-7-11-17)18-12-19(21(26)27)24(20(18)14-25)13-16-8-4-2-5-9-16/h2-11,14,18-20H,12-13,15H2,1H3,(H,26,27)/t18-,19-,20+/m1/s1. The predicted octanol–water partition coefficient (Wildman–Crippen LogP) is 2.55. The van der Waals surface area contributed by atoms with Gasteiger partial charge in [0, 0.05) is 13.6 Å². The Morgan fingerprint density at radius 3 is 2.24 bits per heavy atom. The molecule has 0 bridgehead atoms. The van der Waals surface area contributed by atoms with Gasteiger partial charge in [0.2, 0.25) is 0 Å². The Morgan fingerprint density at radius 1 is 1.10 bits per heavy atom. The molecular weight excluding hydrogens is 372 g/mol. The van der Waals surface area contributed by atoms with Crippen LogP contribution < -0.4 is 0 Å². The van der Waals surface area contributed by atoms with Gasteiger partial charge in [0.25, 0.3) is 0 Å². The monoisotopic (exact) mass is 396 g/mol. The van der Waals surface area contributed by atoms with Crippen molar-refractivity contribution in [2.45, 2.75) is 37.7 Å². The van der Waals surface area contributed by atoms with E-state index in [1.54, 1.807) is 11.9 Å². The van der Waals surface area contributed by atoms with Gasteiger partial charge in [-0.1, -0.05) is 60.7 Å². The van der Waals surface area contributed by atoms with Crippen LogP contribution in [0.25, 0.3) is 0 Å². The molecule has 0 saturated carbocycles. The third-order valence-electron chi connectivity index (χ3n) is 5.27. The zero-order chi connectivity index (χ0) is 20.8. The lowest BCUT2D eigenvalue weighted by atomic mass is 10.1.